The van der Waals surface area contributed by atoms with Crippen molar-refractivity contribution in [3.8, 4) is 0 Å². The van der Waals surface area contributed by atoms with Crippen LogP contribution in [0.3, 0.4) is 0 Å². The minimum absolute atomic E-state index is 0.0509. The van der Waals surface area contributed by atoms with Crippen molar-refractivity contribution < 1.29 is 0 Å². The van der Waals surface area contributed by atoms with E-state index in [1.54, 1.807) is 11.8 Å². The average Bonchev–Trinajstić information content (AvgIpc) is 1.96. The highest BCUT2D eigenvalue weighted by Crippen LogP contribution is 2.04. The zero-order valence-corrected chi connectivity index (χ0v) is 8.29. The van der Waals surface area contributed by atoms with Gasteiger partial charge < -0.3 is 16.8 Å². The summed E-state index contributed by atoms with van der Waals surface area (Å²) in [4.78, 5) is 0. The van der Waals surface area contributed by atoms with E-state index in [0.29, 0.717) is 11.5 Å². The van der Waals surface area contributed by atoms with E-state index >= 15 is 0 Å². The maximum Gasteiger partial charge on any atom is 0.0891 e. The molecule has 0 saturated carbocycles. The number of rotatable bonds is 6. The standard InChI is InChI=1S/C8H17N3S/c1-6(9)8(4-5-12-3)11-7(2)10/h8,11H,1-2,4-5,9-10H2,3H3. The van der Waals surface area contributed by atoms with Crippen LogP contribution in [-0.4, -0.2) is 18.1 Å². The first-order valence-corrected chi connectivity index (χ1v) is 5.11. The topological polar surface area (TPSA) is 64.1 Å². The summed E-state index contributed by atoms with van der Waals surface area (Å²) in [5, 5.41) is 2.96. The maximum atomic E-state index is 5.56. The summed E-state index contributed by atoms with van der Waals surface area (Å²) in [6, 6.07) is 0.0509. The van der Waals surface area contributed by atoms with Crippen LogP contribution in [0, 0.1) is 0 Å². The fourth-order valence-electron chi connectivity index (χ4n) is 0.810. The molecule has 3 nitrogen and oxygen atoms in total. The molecule has 0 aromatic heterocycles. The van der Waals surface area contributed by atoms with E-state index in [4.69, 9.17) is 11.5 Å². The monoisotopic (exact) mass is 187 g/mol. The van der Waals surface area contributed by atoms with Gasteiger partial charge in [0.2, 0.25) is 0 Å². The van der Waals surface area contributed by atoms with Crippen LogP contribution >= 0.6 is 11.8 Å². The second kappa shape index (κ2) is 5.83. The molecule has 0 amide bonds. The van der Waals surface area contributed by atoms with E-state index < -0.39 is 0 Å². The lowest BCUT2D eigenvalue weighted by Crippen LogP contribution is -2.35. The summed E-state index contributed by atoms with van der Waals surface area (Å²) < 4.78 is 0. The molecule has 0 aromatic carbocycles. The number of hydrogen-bond donors (Lipinski definition) is 3. The van der Waals surface area contributed by atoms with E-state index in [1.165, 1.54) is 0 Å². The van der Waals surface area contributed by atoms with Crippen LogP contribution in [0.4, 0.5) is 0 Å². The molecule has 70 valence electrons. The first-order valence-electron chi connectivity index (χ1n) is 3.72. The molecule has 0 heterocycles. The van der Waals surface area contributed by atoms with Gasteiger partial charge in [0.25, 0.3) is 0 Å². The SMILES string of the molecule is C=C(N)NC(CCSC)C(=C)N. The molecule has 0 aliphatic heterocycles. The van der Waals surface area contributed by atoms with Crippen LogP contribution in [0.5, 0.6) is 0 Å². The highest BCUT2D eigenvalue weighted by atomic mass is 32.2. The Morgan fingerprint density at radius 3 is 2.42 bits per heavy atom. The Morgan fingerprint density at radius 2 is 2.08 bits per heavy atom. The lowest BCUT2D eigenvalue weighted by Gasteiger charge is -2.18. The minimum Gasteiger partial charge on any atom is -0.401 e. The normalized spacial score (nSPS) is 12.1. The van der Waals surface area contributed by atoms with Crippen LogP contribution in [0.15, 0.2) is 24.7 Å². The van der Waals surface area contributed by atoms with Crippen molar-refractivity contribution in [1.29, 1.82) is 0 Å². The van der Waals surface area contributed by atoms with Crippen LogP contribution < -0.4 is 16.8 Å². The molecule has 0 radical (unpaired) electrons. The summed E-state index contributed by atoms with van der Waals surface area (Å²) in [6.07, 6.45) is 2.97. The minimum atomic E-state index is 0.0509. The molecule has 0 bridgehead atoms. The van der Waals surface area contributed by atoms with Gasteiger partial charge in [0.1, 0.15) is 0 Å². The molecule has 0 fully saturated rings. The summed E-state index contributed by atoms with van der Waals surface area (Å²) in [6.45, 7) is 7.22. The molecule has 1 atom stereocenters. The Bertz CT molecular complexity index is 168. The third-order valence-electron chi connectivity index (χ3n) is 1.42. The molecule has 4 heteroatoms. The molecule has 0 aliphatic rings. The Kier molecular flexibility index (Phi) is 5.45. The highest BCUT2D eigenvalue weighted by molar-refractivity contribution is 7.98. The number of thioether (sulfide) groups is 1. The van der Waals surface area contributed by atoms with Gasteiger partial charge in [-0.05, 0) is 18.4 Å². The summed E-state index contributed by atoms with van der Waals surface area (Å²) in [5.41, 5.74) is 11.6. The zero-order valence-electron chi connectivity index (χ0n) is 7.47. The first kappa shape index (κ1) is 11.2. The summed E-state index contributed by atoms with van der Waals surface area (Å²) in [5.74, 6) is 1.47. The summed E-state index contributed by atoms with van der Waals surface area (Å²) >= 11 is 1.77. The van der Waals surface area contributed by atoms with Gasteiger partial charge in [-0.1, -0.05) is 13.2 Å². The molecule has 0 aromatic rings. The molecule has 0 aliphatic carbocycles. The second-order valence-corrected chi connectivity index (χ2v) is 3.56. The van der Waals surface area contributed by atoms with Crippen LogP contribution in [-0.2, 0) is 0 Å². The highest BCUT2D eigenvalue weighted by Gasteiger charge is 2.08. The Balaban J connectivity index is 3.87. The van der Waals surface area contributed by atoms with Crippen molar-refractivity contribution in [2.24, 2.45) is 11.5 Å². The average molecular weight is 187 g/mol. The van der Waals surface area contributed by atoms with Crippen LogP contribution in [0.25, 0.3) is 0 Å². The van der Waals surface area contributed by atoms with Gasteiger partial charge in [-0.2, -0.15) is 11.8 Å². The molecular formula is C8H17N3S. The van der Waals surface area contributed by atoms with E-state index in [9.17, 15) is 0 Å². The molecule has 12 heavy (non-hydrogen) atoms. The van der Waals surface area contributed by atoms with Crippen molar-refractivity contribution in [3.63, 3.8) is 0 Å². The zero-order chi connectivity index (χ0) is 9.56. The molecule has 0 spiro atoms. The van der Waals surface area contributed by atoms with Gasteiger partial charge in [-0.25, -0.2) is 0 Å². The van der Waals surface area contributed by atoms with Crippen LogP contribution in [0.1, 0.15) is 6.42 Å². The fourth-order valence-corrected chi connectivity index (χ4v) is 1.28. The molecule has 1 unspecified atom stereocenters. The molecular weight excluding hydrogens is 170 g/mol. The van der Waals surface area contributed by atoms with E-state index in [2.05, 4.69) is 18.5 Å². The summed E-state index contributed by atoms with van der Waals surface area (Å²) in [7, 11) is 0. The van der Waals surface area contributed by atoms with Gasteiger partial charge >= 0.3 is 0 Å². The van der Waals surface area contributed by atoms with Gasteiger partial charge in [0.15, 0.2) is 0 Å². The lowest BCUT2D eigenvalue weighted by molar-refractivity contribution is 0.616. The fraction of sp³-hybridized carbons (Fsp3) is 0.500. The maximum absolute atomic E-state index is 5.56. The van der Waals surface area contributed by atoms with Crippen molar-refractivity contribution in [1.82, 2.24) is 5.32 Å². The first-order chi connectivity index (χ1) is 5.57. The van der Waals surface area contributed by atoms with Gasteiger partial charge in [-0.3, -0.25) is 0 Å². The molecule has 5 N–H and O–H groups in total. The van der Waals surface area contributed by atoms with Crippen molar-refractivity contribution in [3.05, 3.63) is 24.7 Å². The predicted molar refractivity (Wildman–Crippen MR) is 56.6 cm³/mol. The quantitative estimate of drug-likeness (QED) is 0.570. The van der Waals surface area contributed by atoms with Crippen molar-refractivity contribution in [2.45, 2.75) is 12.5 Å². The largest absolute Gasteiger partial charge is 0.401 e. The Morgan fingerprint density at radius 1 is 1.50 bits per heavy atom. The predicted octanol–water partition coefficient (Wildman–Crippen LogP) is 0.600. The van der Waals surface area contributed by atoms with E-state index in [-0.39, 0.29) is 6.04 Å². The smallest absolute Gasteiger partial charge is 0.0891 e. The Hall–Kier alpha value is -0.770. The second-order valence-electron chi connectivity index (χ2n) is 2.58. The van der Waals surface area contributed by atoms with E-state index in [1.807, 2.05) is 6.26 Å². The van der Waals surface area contributed by atoms with Gasteiger partial charge in [0, 0.05) is 5.70 Å². The van der Waals surface area contributed by atoms with Crippen LogP contribution in [0.2, 0.25) is 0 Å². The Labute approximate surface area is 78.3 Å². The van der Waals surface area contributed by atoms with Gasteiger partial charge in [0.05, 0.1) is 11.9 Å². The van der Waals surface area contributed by atoms with Gasteiger partial charge in [-0.15, -0.1) is 0 Å². The van der Waals surface area contributed by atoms with E-state index in [0.717, 1.165) is 12.2 Å². The molecule has 0 rings (SSSR count). The number of nitrogens with two attached hydrogens (primary N) is 2. The molecule has 0 saturated heterocycles. The third kappa shape index (κ3) is 4.96. The third-order valence-corrected chi connectivity index (χ3v) is 2.06. The van der Waals surface area contributed by atoms with Crippen molar-refractivity contribution >= 4 is 11.8 Å². The van der Waals surface area contributed by atoms with Crippen molar-refractivity contribution in [2.75, 3.05) is 12.0 Å². The number of hydrogen-bond acceptors (Lipinski definition) is 4. The lowest BCUT2D eigenvalue weighted by atomic mass is 10.2. The number of nitrogens with one attached hydrogen (secondary N) is 1.